The van der Waals surface area contributed by atoms with E-state index < -0.39 is 5.60 Å². The maximum atomic E-state index is 10.3. The SMILES string of the molecule is CCCc1c(NC)ncnc1NCC(C)(O)CN(C)C. The molecule has 0 radical (unpaired) electrons. The van der Waals surface area contributed by atoms with Gasteiger partial charge in [-0.2, -0.15) is 0 Å². The van der Waals surface area contributed by atoms with E-state index in [1.165, 1.54) is 6.33 Å². The molecule has 0 amide bonds. The molecule has 6 heteroatoms. The highest BCUT2D eigenvalue weighted by Gasteiger charge is 2.22. The van der Waals surface area contributed by atoms with Crippen LogP contribution in [0.3, 0.4) is 0 Å². The van der Waals surface area contributed by atoms with E-state index in [1.54, 1.807) is 0 Å². The maximum absolute atomic E-state index is 10.3. The van der Waals surface area contributed by atoms with Gasteiger partial charge in [0.15, 0.2) is 0 Å². The van der Waals surface area contributed by atoms with Gasteiger partial charge in [-0.05, 0) is 27.4 Å². The van der Waals surface area contributed by atoms with E-state index in [2.05, 4.69) is 27.5 Å². The Bertz CT molecular complexity index is 420. The molecule has 0 saturated heterocycles. The van der Waals surface area contributed by atoms with Gasteiger partial charge in [0.25, 0.3) is 0 Å². The molecule has 1 atom stereocenters. The minimum Gasteiger partial charge on any atom is -0.387 e. The molecule has 0 fully saturated rings. The first-order valence-corrected chi connectivity index (χ1v) is 7.02. The van der Waals surface area contributed by atoms with Crippen molar-refractivity contribution in [3.05, 3.63) is 11.9 Å². The highest BCUT2D eigenvalue weighted by atomic mass is 16.3. The molecular formula is C14H27N5O. The monoisotopic (exact) mass is 281 g/mol. The number of likely N-dealkylation sites (N-methyl/N-ethyl adjacent to an activating group) is 1. The average Bonchev–Trinajstić information content (AvgIpc) is 2.36. The summed E-state index contributed by atoms with van der Waals surface area (Å²) in [5.41, 5.74) is 0.260. The van der Waals surface area contributed by atoms with Crippen LogP contribution in [0.1, 0.15) is 25.8 Å². The highest BCUT2D eigenvalue weighted by Crippen LogP contribution is 2.21. The fourth-order valence-electron chi connectivity index (χ4n) is 2.28. The van der Waals surface area contributed by atoms with E-state index in [4.69, 9.17) is 0 Å². The Labute approximate surface area is 121 Å². The highest BCUT2D eigenvalue weighted by molar-refractivity contribution is 5.57. The lowest BCUT2D eigenvalue weighted by Gasteiger charge is -2.27. The van der Waals surface area contributed by atoms with E-state index in [9.17, 15) is 5.11 Å². The van der Waals surface area contributed by atoms with E-state index in [0.717, 1.165) is 30.0 Å². The van der Waals surface area contributed by atoms with Crippen LogP contribution in [0.4, 0.5) is 11.6 Å². The summed E-state index contributed by atoms with van der Waals surface area (Å²) in [4.78, 5) is 10.5. The van der Waals surface area contributed by atoms with Gasteiger partial charge in [0.05, 0.1) is 5.60 Å². The van der Waals surface area contributed by atoms with Gasteiger partial charge in [0.1, 0.15) is 18.0 Å². The van der Waals surface area contributed by atoms with Crippen LogP contribution in [0.25, 0.3) is 0 Å². The molecule has 20 heavy (non-hydrogen) atoms. The summed E-state index contributed by atoms with van der Waals surface area (Å²) in [6.45, 7) is 4.98. The van der Waals surface area contributed by atoms with Gasteiger partial charge in [-0.3, -0.25) is 0 Å². The number of anilines is 2. The Morgan fingerprint density at radius 2 is 1.95 bits per heavy atom. The summed E-state index contributed by atoms with van der Waals surface area (Å²) in [5, 5.41) is 16.7. The maximum Gasteiger partial charge on any atom is 0.134 e. The molecule has 0 saturated carbocycles. The van der Waals surface area contributed by atoms with Crippen molar-refractivity contribution >= 4 is 11.6 Å². The Kier molecular flexibility index (Phi) is 6.16. The standard InChI is InChI=1S/C14H27N5O/c1-6-7-11-12(15-3)17-10-18-13(11)16-8-14(2,20)9-19(4)5/h10,20H,6-9H2,1-5H3,(H2,15,16,17,18). The molecule has 0 aliphatic carbocycles. The lowest BCUT2D eigenvalue weighted by Crippen LogP contribution is -2.43. The van der Waals surface area contributed by atoms with Gasteiger partial charge < -0.3 is 20.6 Å². The third-order valence-corrected chi connectivity index (χ3v) is 2.98. The Morgan fingerprint density at radius 3 is 2.50 bits per heavy atom. The predicted octanol–water partition coefficient (Wildman–Crippen LogP) is 1.20. The number of nitrogens with one attached hydrogen (secondary N) is 2. The second-order valence-electron chi connectivity index (χ2n) is 5.64. The van der Waals surface area contributed by atoms with Crippen LogP contribution in [0.2, 0.25) is 0 Å². The number of hydrogen-bond donors (Lipinski definition) is 3. The van der Waals surface area contributed by atoms with Gasteiger partial charge in [-0.25, -0.2) is 9.97 Å². The molecule has 0 bridgehead atoms. The predicted molar refractivity (Wildman–Crippen MR) is 83.2 cm³/mol. The van der Waals surface area contributed by atoms with Crippen LogP contribution in [0, 0.1) is 0 Å². The molecule has 0 spiro atoms. The summed E-state index contributed by atoms with van der Waals surface area (Å²) < 4.78 is 0. The number of hydrogen-bond acceptors (Lipinski definition) is 6. The summed E-state index contributed by atoms with van der Waals surface area (Å²) in [7, 11) is 5.75. The first-order chi connectivity index (χ1) is 9.39. The van der Waals surface area contributed by atoms with Crippen LogP contribution in [-0.2, 0) is 6.42 Å². The fourth-order valence-corrected chi connectivity index (χ4v) is 2.28. The lowest BCUT2D eigenvalue weighted by atomic mass is 10.1. The Morgan fingerprint density at radius 1 is 1.30 bits per heavy atom. The second-order valence-corrected chi connectivity index (χ2v) is 5.64. The van der Waals surface area contributed by atoms with Crippen LogP contribution < -0.4 is 10.6 Å². The zero-order valence-electron chi connectivity index (χ0n) is 13.2. The molecule has 6 nitrogen and oxygen atoms in total. The van der Waals surface area contributed by atoms with E-state index in [1.807, 2.05) is 33.0 Å². The molecule has 1 heterocycles. The van der Waals surface area contributed by atoms with Crippen molar-refractivity contribution in [1.82, 2.24) is 14.9 Å². The summed E-state index contributed by atoms with van der Waals surface area (Å²) in [6.07, 6.45) is 3.45. The molecule has 1 rings (SSSR count). The van der Waals surface area contributed by atoms with E-state index >= 15 is 0 Å². The fraction of sp³-hybridized carbons (Fsp3) is 0.714. The van der Waals surface area contributed by atoms with Gasteiger partial charge in [-0.1, -0.05) is 13.3 Å². The molecule has 0 aliphatic heterocycles. The molecule has 0 aromatic carbocycles. The topological polar surface area (TPSA) is 73.3 Å². The summed E-state index contributed by atoms with van der Waals surface area (Å²) in [6, 6.07) is 0. The smallest absolute Gasteiger partial charge is 0.134 e. The number of aliphatic hydroxyl groups is 1. The third-order valence-electron chi connectivity index (χ3n) is 2.98. The van der Waals surface area contributed by atoms with Gasteiger partial charge in [-0.15, -0.1) is 0 Å². The van der Waals surface area contributed by atoms with Gasteiger partial charge >= 0.3 is 0 Å². The van der Waals surface area contributed by atoms with Crippen molar-refractivity contribution < 1.29 is 5.11 Å². The third kappa shape index (κ3) is 4.94. The Hall–Kier alpha value is -1.40. The largest absolute Gasteiger partial charge is 0.387 e. The normalized spacial score (nSPS) is 14.2. The molecule has 1 unspecified atom stereocenters. The number of rotatable bonds is 8. The lowest BCUT2D eigenvalue weighted by molar-refractivity contribution is 0.0459. The van der Waals surface area contributed by atoms with Crippen LogP contribution >= 0.6 is 0 Å². The average molecular weight is 281 g/mol. The van der Waals surface area contributed by atoms with Crippen molar-refractivity contribution in [3.63, 3.8) is 0 Å². The first kappa shape index (κ1) is 16.7. The zero-order valence-corrected chi connectivity index (χ0v) is 13.2. The zero-order chi connectivity index (χ0) is 15.2. The van der Waals surface area contributed by atoms with Crippen LogP contribution in [-0.4, -0.2) is 59.8 Å². The van der Waals surface area contributed by atoms with Crippen molar-refractivity contribution in [1.29, 1.82) is 0 Å². The van der Waals surface area contributed by atoms with Crippen LogP contribution in [0.15, 0.2) is 6.33 Å². The van der Waals surface area contributed by atoms with Crippen molar-refractivity contribution in [3.8, 4) is 0 Å². The quantitative estimate of drug-likeness (QED) is 0.665. The van der Waals surface area contributed by atoms with Crippen molar-refractivity contribution in [2.45, 2.75) is 32.3 Å². The molecule has 3 N–H and O–H groups in total. The number of aromatic nitrogens is 2. The van der Waals surface area contributed by atoms with Crippen molar-refractivity contribution in [2.75, 3.05) is 44.9 Å². The second kappa shape index (κ2) is 7.40. The summed E-state index contributed by atoms with van der Waals surface area (Å²) in [5.74, 6) is 1.64. The van der Waals surface area contributed by atoms with Crippen molar-refractivity contribution in [2.24, 2.45) is 0 Å². The molecule has 1 aromatic rings. The van der Waals surface area contributed by atoms with Crippen LogP contribution in [0.5, 0.6) is 0 Å². The first-order valence-electron chi connectivity index (χ1n) is 7.02. The van der Waals surface area contributed by atoms with Gasteiger partial charge in [0.2, 0.25) is 0 Å². The minimum absolute atomic E-state index is 0.446. The molecule has 1 aromatic heterocycles. The van der Waals surface area contributed by atoms with E-state index in [0.29, 0.717) is 13.1 Å². The molecular weight excluding hydrogens is 254 g/mol. The van der Waals surface area contributed by atoms with E-state index in [-0.39, 0.29) is 0 Å². The Balaban J connectivity index is 2.81. The number of nitrogens with zero attached hydrogens (tertiary/aromatic N) is 3. The molecule has 0 aliphatic rings. The molecule has 114 valence electrons. The minimum atomic E-state index is -0.808. The summed E-state index contributed by atoms with van der Waals surface area (Å²) >= 11 is 0. The van der Waals surface area contributed by atoms with Gasteiger partial charge in [0, 0.05) is 25.7 Å².